The van der Waals surface area contributed by atoms with Gasteiger partial charge < -0.3 is 9.47 Å². The molecule has 1 aliphatic heterocycles. The molecule has 8 heteroatoms. The maximum atomic E-state index is 13.1. The maximum absolute atomic E-state index is 13.1. The van der Waals surface area contributed by atoms with Crippen molar-refractivity contribution in [3.63, 3.8) is 0 Å². The number of methoxy groups -OCH3 is 1. The van der Waals surface area contributed by atoms with E-state index in [9.17, 15) is 9.59 Å². The fourth-order valence-electron chi connectivity index (χ4n) is 5.90. The van der Waals surface area contributed by atoms with E-state index < -0.39 is 0 Å². The zero-order valence-corrected chi connectivity index (χ0v) is 21.3. The Balaban J connectivity index is 1.21. The summed E-state index contributed by atoms with van der Waals surface area (Å²) in [5.74, 6) is 1.81. The van der Waals surface area contributed by atoms with Crippen molar-refractivity contribution in [2.75, 3.05) is 7.11 Å². The van der Waals surface area contributed by atoms with E-state index in [0.717, 1.165) is 20.6 Å². The summed E-state index contributed by atoms with van der Waals surface area (Å²) in [4.78, 5) is 26.2. The van der Waals surface area contributed by atoms with Gasteiger partial charge in [-0.2, -0.15) is 10.1 Å². The van der Waals surface area contributed by atoms with E-state index in [1.165, 1.54) is 0 Å². The van der Waals surface area contributed by atoms with Crippen LogP contribution in [-0.4, -0.2) is 30.1 Å². The Morgan fingerprint density at radius 3 is 2.44 bits per heavy atom. The van der Waals surface area contributed by atoms with Gasteiger partial charge in [-0.05, 0) is 76.4 Å². The van der Waals surface area contributed by atoms with E-state index >= 15 is 0 Å². The van der Waals surface area contributed by atoms with Crippen LogP contribution < -0.4 is 9.47 Å². The van der Waals surface area contributed by atoms with Crippen molar-refractivity contribution in [3.8, 4) is 11.5 Å². The number of rotatable bonds is 6. The number of carbonyl (C=O) groups is 2. The minimum absolute atomic E-state index is 0.169. The average Bonchev–Trinajstić information content (AvgIpc) is 3.62. The largest absolute Gasteiger partial charge is 0.493 e. The van der Waals surface area contributed by atoms with Gasteiger partial charge in [0.2, 0.25) is 0 Å². The van der Waals surface area contributed by atoms with Crippen molar-refractivity contribution in [3.05, 3.63) is 68.3 Å². The number of amides is 2. The Labute approximate surface area is 216 Å². The molecule has 2 bridgehead atoms. The van der Waals surface area contributed by atoms with Crippen LogP contribution in [0.3, 0.4) is 0 Å². The fourth-order valence-corrected chi connectivity index (χ4v) is 6.87. The van der Waals surface area contributed by atoms with Gasteiger partial charge in [0.25, 0.3) is 11.8 Å². The Bertz CT molecular complexity index is 1230. The van der Waals surface area contributed by atoms with Gasteiger partial charge in [0.1, 0.15) is 6.61 Å². The highest BCUT2D eigenvalue weighted by molar-refractivity contribution is 14.1. The topological polar surface area (TPSA) is 68.2 Å². The lowest BCUT2D eigenvalue weighted by atomic mass is 9.63. The Kier molecular flexibility index (Phi) is 5.44. The molecule has 2 amide bonds. The number of carbonyl (C=O) groups excluding carboxylic acids is 2. The standard InChI is InChI=1S/C26H22ClIN2O4/c1-33-21-9-13(8-20(28)24(21)34-12-14-4-2-3-5-19(14)27)11-29-30-25(31)22-15-6-7-16(18-10-17(15)18)23(22)26(30)32/h2-9,11,15-18,22-23H,10,12H2,1H3/b29-11-/t15-,16-,17-,18+,22+,23+/m0/s1. The molecular weight excluding hydrogens is 567 g/mol. The molecule has 1 heterocycles. The zero-order chi connectivity index (χ0) is 23.6. The van der Waals surface area contributed by atoms with Gasteiger partial charge in [0, 0.05) is 10.6 Å². The number of nitrogens with zero attached hydrogens (tertiary/aromatic N) is 2. The summed E-state index contributed by atoms with van der Waals surface area (Å²) >= 11 is 8.41. The van der Waals surface area contributed by atoms with Gasteiger partial charge in [0.15, 0.2) is 11.5 Å². The van der Waals surface area contributed by atoms with Gasteiger partial charge >= 0.3 is 0 Å². The van der Waals surface area contributed by atoms with E-state index in [0.29, 0.717) is 40.5 Å². The molecule has 0 radical (unpaired) electrons. The average molecular weight is 589 g/mol. The van der Waals surface area contributed by atoms with Gasteiger partial charge in [-0.3, -0.25) is 9.59 Å². The molecule has 4 aliphatic carbocycles. The molecule has 3 fully saturated rings. The molecule has 34 heavy (non-hydrogen) atoms. The van der Waals surface area contributed by atoms with Gasteiger partial charge in [-0.25, -0.2) is 0 Å². The third kappa shape index (κ3) is 3.47. The summed E-state index contributed by atoms with van der Waals surface area (Å²) in [5, 5.41) is 6.06. The van der Waals surface area contributed by atoms with Crippen molar-refractivity contribution in [1.82, 2.24) is 5.01 Å². The predicted molar refractivity (Wildman–Crippen MR) is 136 cm³/mol. The second kappa shape index (κ2) is 8.37. The summed E-state index contributed by atoms with van der Waals surface area (Å²) in [6.07, 6.45) is 7.01. The lowest BCUT2D eigenvalue weighted by Gasteiger charge is -2.37. The zero-order valence-electron chi connectivity index (χ0n) is 18.4. The molecule has 5 aliphatic rings. The molecule has 0 unspecified atom stereocenters. The van der Waals surface area contributed by atoms with Crippen LogP contribution in [0.4, 0.5) is 0 Å². The van der Waals surface area contributed by atoms with Crippen LogP contribution in [-0.2, 0) is 16.2 Å². The number of hydrazone groups is 1. The summed E-state index contributed by atoms with van der Waals surface area (Å²) in [6, 6.07) is 11.2. The number of hydrogen-bond acceptors (Lipinski definition) is 5. The number of allylic oxidation sites excluding steroid dienone is 2. The van der Waals surface area contributed by atoms with Crippen molar-refractivity contribution >= 4 is 52.2 Å². The normalized spacial score (nSPS) is 30.6. The van der Waals surface area contributed by atoms with Gasteiger partial charge in [-0.15, -0.1) is 0 Å². The van der Waals surface area contributed by atoms with Crippen LogP contribution in [0.2, 0.25) is 5.02 Å². The molecule has 0 aromatic heterocycles. The van der Waals surface area contributed by atoms with Crippen molar-refractivity contribution < 1.29 is 19.1 Å². The lowest BCUT2D eigenvalue weighted by molar-refractivity contribution is -0.140. The molecule has 6 atom stereocenters. The SMILES string of the molecule is COc1cc(/C=N\N2C(=O)[C@@H]3[C@H]4C=C[C@@H]([C@@H]5C[C@H]45)[C@H]3C2=O)cc(I)c1OCc1ccccc1Cl. The lowest BCUT2D eigenvalue weighted by Crippen LogP contribution is -2.40. The van der Waals surface area contributed by atoms with E-state index in [1.807, 2.05) is 30.3 Å². The van der Waals surface area contributed by atoms with Crippen LogP contribution in [0.1, 0.15) is 17.5 Å². The quantitative estimate of drug-likeness (QED) is 0.208. The van der Waals surface area contributed by atoms with E-state index in [4.69, 9.17) is 21.1 Å². The number of imide groups is 1. The molecular formula is C26H22ClIN2O4. The van der Waals surface area contributed by atoms with Crippen molar-refractivity contribution in [2.24, 2.45) is 40.6 Å². The highest BCUT2D eigenvalue weighted by atomic mass is 127. The molecule has 174 valence electrons. The van der Waals surface area contributed by atoms with Gasteiger partial charge in [-0.1, -0.05) is 42.0 Å². The third-order valence-corrected chi connectivity index (χ3v) is 8.71. The van der Waals surface area contributed by atoms with E-state index in [-0.39, 0.29) is 35.5 Å². The monoisotopic (exact) mass is 588 g/mol. The summed E-state index contributed by atoms with van der Waals surface area (Å²) in [7, 11) is 1.57. The summed E-state index contributed by atoms with van der Waals surface area (Å²) < 4.78 is 12.4. The number of halogens is 2. The second-order valence-corrected chi connectivity index (χ2v) is 10.9. The first-order chi connectivity index (χ1) is 16.5. The molecule has 2 saturated carbocycles. The van der Waals surface area contributed by atoms with Crippen molar-refractivity contribution in [1.29, 1.82) is 0 Å². The first kappa shape index (κ1) is 22.1. The number of benzene rings is 2. The smallest absolute Gasteiger partial charge is 0.254 e. The predicted octanol–water partition coefficient (Wildman–Crippen LogP) is 4.92. The van der Waals surface area contributed by atoms with Crippen LogP contribution >= 0.6 is 34.2 Å². The molecule has 0 spiro atoms. The Hall–Kier alpha value is -2.39. The minimum Gasteiger partial charge on any atom is -0.493 e. The molecule has 7 rings (SSSR count). The minimum atomic E-state index is -0.251. The first-order valence-electron chi connectivity index (χ1n) is 11.3. The van der Waals surface area contributed by atoms with E-state index in [2.05, 4.69) is 39.8 Å². The van der Waals surface area contributed by atoms with Crippen molar-refractivity contribution in [2.45, 2.75) is 13.0 Å². The summed E-state index contributed by atoms with van der Waals surface area (Å²) in [5.41, 5.74) is 1.59. The molecule has 0 N–H and O–H groups in total. The van der Waals surface area contributed by atoms with Crippen LogP contribution in [0.5, 0.6) is 11.5 Å². The molecule has 2 aromatic rings. The number of hydrogen-bond donors (Lipinski definition) is 0. The second-order valence-electron chi connectivity index (χ2n) is 9.30. The first-order valence-corrected chi connectivity index (χ1v) is 12.8. The van der Waals surface area contributed by atoms with Gasteiger partial charge in [0.05, 0.1) is 28.7 Å². The fraction of sp³-hybridized carbons (Fsp3) is 0.346. The van der Waals surface area contributed by atoms with Crippen LogP contribution in [0.25, 0.3) is 0 Å². The van der Waals surface area contributed by atoms with Crippen LogP contribution in [0.15, 0.2) is 53.7 Å². The maximum Gasteiger partial charge on any atom is 0.254 e. The summed E-state index contributed by atoms with van der Waals surface area (Å²) in [6.45, 7) is 0.303. The highest BCUT2D eigenvalue weighted by Crippen LogP contribution is 2.65. The van der Waals surface area contributed by atoms with E-state index in [1.54, 1.807) is 19.4 Å². The number of ether oxygens (including phenoxy) is 2. The highest BCUT2D eigenvalue weighted by Gasteiger charge is 2.67. The molecule has 2 aromatic carbocycles. The third-order valence-electron chi connectivity index (χ3n) is 7.54. The van der Waals surface area contributed by atoms with Crippen LogP contribution in [0, 0.1) is 39.1 Å². The Morgan fingerprint density at radius 1 is 1.12 bits per heavy atom. The molecule has 1 saturated heterocycles. The molecule has 6 nitrogen and oxygen atoms in total. The Morgan fingerprint density at radius 2 is 1.79 bits per heavy atom.